The molecular formula is C9H14O3S. The van der Waals surface area contributed by atoms with E-state index in [1.807, 2.05) is 6.92 Å². The molecule has 4 heteroatoms. The molecule has 0 fully saturated rings. The second-order valence-corrected chi connectivity index (χ2v) is 2.95. The van der Waals surface area contributed by atoms with Crippen LogP contribution in [0, 0.1) is 0 Å². The van der Waals surface area contributed by atoms with Gasteiger partial charge in [0.15, 0.2) is 5.05 Å². The van der Waals surface area contributed by atoms with Crippen molar-refractivity contribution in [2.24, 2.45) is 0 Å². The SMILES string of the molecule is C=C(C)C(=O)OCCOC(=S)CC. The Hall–Kier alpha value is -0.900. The van der Waals surface area contributed by atoms with Crippen LogP contribution in [0.15, 0.2) is 12.2 Å². The molecule has 0 spiro atoms. The first kappa shape index (κ1) is 12.1. The smallest absolute Gasteiger partial charge is 0.333 e. The third-order valence-electron chi connectivity index (χ3n) is 1.22. The summed E-state index contributed by atoms with van der Waals surface area (Å²) in [4.78, 5) is 10.8. The van der Waals surface area contributed by atoms with Gasteiger partial charge in [-0.15, -0.1) is 0 Å². The van der Waals surface area contributed by atoms with Crippen molar-refractivity contribution >= 4 is 23.2 Å². The highest BCUT2D eigenvalue weighted by Gasteiger charge is 2.02. The Kier molecular flexibility index (Phi) is 6.14. The standard InChI is InChI=1S/C9H14O3S/c1-4-8(13)11-5-6-12-9(10)7(2)3/h2,4-6H2,1,3H3. The van der Waals surface area contributed by atoms with Crippen LogP contribution in [0.4, 0.5) is 0 Å². The molecule has 0 aliphatic rings. The van der Waals surface area contributed by atoms with Crippen LogP contribution < -0.4 is 0 Å². The lowest BCUT2D eigenvalue weighted by Crippen LogP contribution is -2.12. The fourth-order valence-corrected chi connectivity index (χ4v) is 0.598. The van der Waals surface area contributed by atoms with Crippen molar-refractivity contribution in [3.05, 3.63) is 12.2 Å². The normalized spacial score (nSPS) is 9.08. The summed E-state index contributed by atoms with van der Waals surface area (Å²) in [5.74, 6) is -0.397. The van der Waals surface area contributed by atoms with Crippen LogP contribution in [0.2, 0.25) is 0 Å². The van der Waals surface area contributed by atoms with Crippen molar-refractivity contribution in [2.75, 3.05) is 13.2 Å². The Morgan fingerprint density at radius 2 is 1.92 bits per heavy atom. The summed E-state index contributed by atoms with van der Waals surface area (Å²) < 4.78 is 9.82. The average molecular weight is 202 g/mol. The minimum atomic E-state index is -0.397. The van der Waals surface area contributed by atoms with Crippen molar-refractivity contribution in [3.63, 3.8) is 0 Å². The second-order valence-electron chi connectivity index (χ2n) is 2.49. The number of ether oxygens (including phenoxy) is 2. The highest BCUT2D eigenvalue weighted by molar-refractivity contribution is 7.80. The van der Waals surface area contributed by atoms with Crippen LogP contribution >= 0.6 is 12.2 Å². The molecule has 0 bridgehead atoms. The fourth-order valence-electron chi connectivity index (χ4n) is 0.515. The van der Waals surface area contributed by atoms with Gasteiger partial charge < -0.3 is 9.47 Å². The molecule has 74 valence electrons. The van der Waals surface area contributed by atoms with Crippen LogP contribution in [-0.2, 0) is 14.3 Å². The molecule has 0 atom stereocenters. The van der Waals surface area contributed by atoms with Gasteiger partial charge in [-0.1, -0.05) is 13.5 Å². The number of hydrogen-bond acceptors (Lipinski definition) is 4. The lowest BCUT2D eigenvalue weighted by atomic mass is 10.4. The van der Waals surface area contributed by atoms with Crippen molar-refractivity contribution in [1.29, 1.82) is 0 Å². The molecule has 0 heterocycles. The zero-order chi connectivity index (χ0) is 10.3. The van der Waals surface area contributed by atoms with Gasteiger partial charge in [-0.25, -0.2) is 4.79 Å². The summed E-state index contributed by atoms with van der Waals surface area (Å²) in [7, 11) is 0. The summed E-state index contributed by atoms with van der Waals surface area (Å²) in [5, 5.41) is 0.534. The topological polar surface area (TPSA) is 35.5 Å². The molecule has 0 saturated carbocycles. The predicted octanol–water partition coefficient (Wildman–Crippen LogP) is 1.86. The number of esters is 1. The maximum atomic E-state index is 10.8. The molecule has 13 heavy (non-hydrogen) atoms. The Labute approximate surface area is 83.7 Å². The van der Waals surface area contributed by atoms with E-state index in [0.717, 1.165) is 0 Å². The van der Waals surface area contributed by atoms with Gasteiger partial charge in [-0.2, -0.15) is 0 Å². The zero-order valence-electron chi connectivity index (χ0n) is 7.96. The lowest BCUT2D eigenvalue weighted by molar-refractivity contribution is -0.139. The minimum Gasteiger partial charge on any atom is -0.484 e. The van der Waals surface area contributed by atoms with E-state index in [0.29, 0.717) is 23.7 Å². The molecule has 3 nitrogen and oxygen atoms in total. The van der Waals surface area contributed by atoms with E-state index in [9.17, 15) is 4.79 Å². The molecule has 0 N–H and O–H groups in total. The third-order valence-corrected chi connectivity index (χ3v) is 1.62. The minimum absolute atomic E-state index is 0.214. The van der Waals surface area contributed by atoms with Gasteiger partial charge in [0.05, 0.1) is 0 Å². The van der Waals surface area contributed by atoms with Gasteiger partial charge in [0, 0.05) is 12.0 Å². The Balaban J connectivity index is 3.41. The first-order valence-electron chi connectivity index (χ1n) is 4.06. The molecule has 0 amide bonds. The van der Waals surface area contributed by atoms with Gasteiger partial charge in [0.2, 0.25) is 0 Å². The highest BCUT2D eigenvalue weighted by Crippen LogP contribution is 1.93. The molecule has 0 aliphatic carbocycles. The fraction of sp³-hybridized carbons (Fsp3) is 0.556. The summed E-state index contributed by atoms with van der Waals surface area (Å²) in [6.07, 6.45) is 0.698. The second kappa shape index (κ2) is 6.60. The van der Waals surface area contributed by atoms with Crippen molar-refractivity contribution in [2.45, 2.75) is 20.3 Å². The summed E-state index contributed by atoms with van der Waals surface area (Å²) in [6, 6.07) is 0. The van der Waals surface area contributed by atoms with Crippen LogP contribution in [0.1, 0.15) is 20.3 Å². The maximum absolute atomic E-state index is 10.8. The van der Waals surface area contributed by atoms with E-state index >= 15 is 0 Å². The van der Waals surface area contributed by atoms with Gasteiger partial charge in [0.1, 0.15) is 13.2 Å². The van der Waals surface area contributed by atoms with Gasteiger partial charge >= 0.3 is 5.97 Å². The molecule has 0 unspecified atom stereocenters. The molecule has 0 aromatic heterocycles. The lowest BCUT2D eigenvalue weighted by Gasteiger charge is -2.06. The van der Waals surface area contributed by atoms with Crippen LogP contribution in [0.5, 0.6) is 0 Å². The highest BCUT2D eigenvalue weighted by atomic mass is 32.1. The van der Waals surface area contributed by atoms with E-state index in [4.69, 9.17) is 21.7 Å². The van der Waals surface area contributed by atoms with Crippen molar-refractivity contribution in [3.8, 4) is 0 Å². The third kappa shape index (κ3) is 6.28. The van der Waals surface area contributed by atoms with E-state index in [1.54, 1.807) is 6.92 Å². The summed E-state index contributed by atoms with van der Waals surface area (Å²) >= 11 is 4.81. The van der Waals surface area contributed by atoms with Crippen LogP contribution in [0.25, 0.3) is 0 Å². The molecule has 0 aromatic carbocycles. The number of hydrogen-bond donors (Lipinski definition) is 0. The van der Waals surface area contributed by atoms with Gasteiger partial charge in [-0.05, 0) is 19.1 Å². The van der Waals surface area contributed by atoms with Gasteiger partial charge in [0.25, 0.3) is 0 Å². The summed E-state index contributed by atoms with van der Waals surface area (Å²) in [5.41, 5.74) is 0.387. The molecule has 0 aromatic rings. The van der Waals surface area contributed by atoms with E-state index in [2.05, 4.69) is 6.58 Å². The zero-order valence-corrected chi connectivity index (χ0v) is 8.78. The number of carbonyl (C=O) groups excluding carboxylic acids is 1. The first-order chi connectivity index (χ1) is 6.07. The van der Waals surface area contributed by atoms with Crippen LogP contribution in [0.3, 0.4) is 0 Å². The Bertz CT molecular complexity index is 211. The largest absolute Gasteiger partial charge is 0.484 e. The van der Waals surface area contributed by atoms with Crippen LogP contribution in [-0.4, -0.2) is 24.2 Å². The van der Waals surface area contributed by atoms with E-state index < -0.39 is 5.97 Å². The van der Waals surface area contributed by atoms with E-state index in [-0.39, 0.29) is 6.61 Å². The molecule has 0 rings (SSSR count). The van der Waals surface area contributed by atoms with Crippen molar-refractivity contribution < 1.29 is 14.3 Å². The average Bonchev–Trinajstić information content (AvgIpc) is 2.11. The monoisotopic (exact) mass is 202 g/mol. The number of carbonyl (C=O) groups is 1. The van der Waals surface area contributed by atoms with E-state index in [1.165, 1.54) is 0 Å². The number of thiocarbonyl (C=S) groups is 1. The quantitative estimate of drug-likeness (QED) is 0.295. The van der Waals surface area contributed by atoms with Gasteiger partial charge in [-0.3, -0.25) is 0 Å². The maximum Gasteiger partial charge on any atom is 0.333 e. The first-order valence-corrected chi connectivity index (χ1v) is 4.47. The Morgan fingerprint density at radius 3 is 2.38 bits per heavy atom. The molecule has 0 radical (unpaired) electrons. The van der Waals surface area contributed by atoms with Crippen molar-refractivity contribution in [1.82, 2.24) is 0 Å². The molecule has 0 aliphatic heterocycles. The predicted molar refractivity (Wildman–Crippen MR) is 54.6 cm³/mol. The molecule has 0 saturated heterocycles. The summed E-state index contributed by atoms with van der Waals surface area (Å²) in [6.45, 7) is 7.47. The Morgan fingerprint density at radius 1 is 1.38 bits per heavy atom. The molecular weight excluding hydrogens is 188 g/mol. The number of rotatable bonds is 5.